The number of hydrogen-bond acceptors (Lipinski definition) is 7. The summed E-state index contributed by atoms with van der Waals surface area (Å²) in [5, 5.41) is 7.02. The van der Waals surface area contributed by atoms with Gasteiger partial charge in [0.15, 0.2) is 0 Å². The molecular formula is C25H25FN6OS. The lowest BCUT2D eigenvalue weighted by Crippen LogP contribution is -2.44. The number of nitrogens with one attached hydrogen (secondary N) is 2. The summed E-state index contributed by atoms with van der Waals surface area (Å²) in [6.07, 6.45) is 1.82. The molecule has 2 aromatic carbocycles. The standard InChI is InChI=1S/C25H25FN6OS/c26-17-6-8-18(9-7-17)28-22-20-14-21(34-24(20)31-25(27)30-22)23(33)29-19-10-12-32(13-11-19)15-16-4-2-1-3-5-16/h1-9,14,19H,10-13,15H2,(H,29,33)(H3,27,28,30,31). The van der Waals surface area contributed by atoms with E-state index in [0.29, 0.717) is 26.6 Å². The van der Waals surface area contributed by atoms with Crippen LogP contribution in [-0.4, -0.2) is 39.9 Å². The Labute approximate surface area is 200 Å². The van der Waals surface area contributed by atoms with Gasteiger partial charge >= 0.3 is 0 Å². The molecule has 4 N–H and O–H groups in total. The molecule has 0 radical (unpaired) electrons. The maximum atomic E-state index is 13.2. The number of fused-ring (bicyclic) bond motifs is 1. The Morgan fingerprint density at radius 2 is 1.82 bits per heavy atom. The number of piperidine rings is 1. The van der Waals surface area contributed by atoms with E-state index in [4.69, 9.17) is 5.73 Å². The van der Waals surface area contributed by atoms with Crippen molar-refractivity contribution in [1.82, 2.24) is 20.2 Å². The minimum Gasteiger partial charge on any atom is -0.368 e. The molecule has 0 saturated carbocycles. The first-order valence-corrected chi connectivity index (χ1v) is 12.0. The molecule has 1 amide bonds. The number of nitrogen functional groups attached to an aromatic ring is 1. The molecule has 1 saturated heterocycles. The fraction of sp³-hybridized carbons (Fsp3) is 0.240. The van der Waals surface area contributed by atoms with E-state index in [9.17, 15) is 9.18 Å². The first-order valence-electron chi connectivity index (χ1n) is 11.2. The first-order chi connectivity index (χ1) is 16.5. The normalized spacial score (nSPS) is 14.9. The molecule has 0 spiro atoms. The third-order valence-electron chi connectivity index (χ3n) is 5.91. The maximum Gasteiger partial charge on any atom is 0.261 e. The zero-order chi connectivity index (χ0) is 23.5. The lowest BCUT2D eigenvalue weighted by molar-refractivity contribution is 0.0913. The molecule has 174 valence electrons. The smallest absolute Gasteiger partial charge is 0.261 e. The molecule has 7 nitrogen and oxygen atoms in total. The van der Waals surface area contributed by atoms with Crippen LogP contribution in [0.3, 0.4) is 0 Å². The Balaban J connectivity index is 1.24. The van der Waals surface area contributed by atoms with Crippen molar-refractivity contribution in [2.75, 3.05) is 24.1 Å². The van der Waals surface area contributed by atoms with E-state index in [2.05, 4.69) is 49.8 Å². The Bertz CT molecular complexity index is 1290. The largest absolute Gasteiger partial charge is 0.368 e. The SMILES string of the molecule is Nc1nc(Nc2ccc(F)cc2)c2cc(C(=O)NC3CCN(Cc4ccccc4)CC3)sc2n1. The molecule has 0 atom stereocenters. The van der Waals surface area contributed by atoms with Gasteiger partial charge in [0.05, 0.1) is 10.3 Å². The minimum absolute atomic E-state index is 0.108. The zero-order valence-corrected chi connectivity index (χ0v) is 19.3. The molecule has 3 heterocycles. The number of carbonyl (C=O) groups excluding carboxylic acids is 1. The number of hydrogen-bond donors (Lipinski definition) is 3. The minimum atomic E-state index is -0.321. The van der Waals surface area contributed by atoms with Crippen LogP contribution in [0.25, 0.3) is 10.2 Å². The van der Waals surface area contributed by atoms with Gasteiger partial charge in [0, 0.05) is 31.4 Å². The van der Waals surface area contributed by atoms with Gasteiger partial charge in [-0.3, -0.25) is 9.69 Å². The van der Waals surface area contributed by atoms with Gasteiger partial charge in [-0.15, -0.1) is 11.3 Å². The monoisotopic (exact) mass is 476 g/mol. The predicted octanol–water partition coefficient (Wildman–Crippen LogP) is 4.55. The average molecular weight is 477 g/mol. The number of benzene rings is 2. The number of anilines is 3. The van der Waals surface area contributed by atoms with E-state index >= 15 is 0 Å². The van der Waals surface area contributed by atoms with E-state index < -0.39 is 0 Å². The highest BCUT2D eigenvalue weighted by Crippen LogP contribution is 2.31. The van der Waals surface area contributed by atoms with Gasteiger partial charge in [0.1, 0.15) is 16.5 Å². The van der Waals surface area contributed by atoms with Crippen LogP contribution in [0.2, 0.25) is 0 Å². The molecule has 1 aliphatic rings. The lowest BCUT2D eigenvalue weighted by Gasteiger charge is -2.32. The molecule has 0 bridgehead atoms. The molecular weight excluding hydrogens is 451 g/mol. The van der Waals surface area contributed by atoms with Gasteiger partial charge in [0.2, 0.25) is 5.95 Å². The second-order valence-electron chi connectivity index (χ2n) is 8.40. The summed E-state index contributed by atoms with van der Waals surface area (Å²) in [7, 11) is 0. The van der Waals surface area contributed by atoms with Gasteiger partial charge in [-0.2, -0.15) is 4.98 Å². The molecule has 0 unspecified atom stereocenters. The van der Waals surface area contributed by atoms with E-state index in [1.807, 2.05) is 6.07 Å². The highest BCUT2D eigenvalue weighted by Gasteiger charge is 2.23. The molecule has 2 aromatic heterocycles. The summed E-state index contributed by atoms with van der Waals surface area (Å²) >= 11 is 1.28. The number of amides is 1. The van der Waals surface area contributed by atoms with Crippen molar-refractivity contribution in [3.8, 4) is 0 Å². The molecule has 34 heavy (non-hydrogen) atoms. The highest BCUT2D eigenvalue weighted by molar-refractivity contribution is 7.20. The Morgan fingerprint density at radius 3 is 2.56 bits per heavy atom. The van der Waals surface area contributed by atoms with Crippen LogP contribution >= 0.6 is 11.3 Å². The second kappa shape index (κ2) is 9.74. The molecule has 5 rings (SSSR count). The number of nitrogens with zero attached hydrogens (tertiary/aromatic N) is 3. The lowest BCUT2D eigenvalue weighted by atomic mass is 10.0. The number of halogens is 1. The quantitative estimate of drug-likeness (QED) is 0.378. The van der Waals surface area contributed by atoms with Crippen LogP contribution in [0.4, 0.5) is 21.8 Å². The fourth-order valence-corrected chi connectivity index (χ4v) is 5.09. The van der Waals surface area contributed by atoms with Gasteiger partial charge in [-0.1, -0.05) is 30.3 Å². The van der Waals surface area contributed by atoms with E-state index in [0.717, 1.165) is 32.5 Å². The summed E-state index contributed by atoms with van der Waals surface area (Å²) in [6, 6.07) is 18.3. The first kappa shape index (κ1) is 22.2. The van der Waals surface area contributed by atoms with Crippen molar-refractivity contribution >= 4 is 44.9 Å². The topological polar surface area (TPSA) is 96.2 Å². The van der Waals surface area contributed by atoms with Crippen molar-refractivity contribution in [2.24, 2.45) is 0 Å². The average Bonchev–Trinajstić information content (AvgIpc) is 3.27. The van der Waals surface area contributed by atoms with Crippen molar-refractivity contribution in [2.45, 2.75) is 25.4 Å². The predicted molar refractivity (Wildman–Crippen MR) is 134 cm³/mol. The molecule has 0 aliphatic carbocycles. The van der Waals surface area contributed by atoms with Crippen LogP contribution in [0.1, 0.15) is 28.1 Å². The Hall–Kier alpha value is -3.56. The van der Waals surface area contributed by atoms with Gasteiger partial charge in [0.25, 0.3) is 5.91 Å². The number of carbonyl (C=O) groups is 1. The number of likely N-dealkylation sites (tertiary alicyclic amines) is 1. The molecule has 1 aliphatic heterocycles. The molecule has 1 fully saturated rings. The summed E-state index contributed by atoms with van der Waals surface area (Å²) in [4.78, 5) is 25.2. The second-order valence-corrected chi connectivity index (χ2v) is 9.43. The Kier molecular flexibility index (Phi) is 6.37. The van der Waals surface area contributed by atoms with Gasteiger partial charge in [-0.25, -0.2) is 9.37 Å². The van der Waals surface area contributed by atoms with E-state index in [1.54, 1.807) is 18.2 Å². The number of nitrogens with two attached hydrogens (primary N) is 1. The zero-order valence-electron chi connectivity index (χ0n) is 18.5. The van der Waals surface area contributed by atoms with Crippen LogP contribution < -0.4 is 16.4 Å². The fourth-order valence-electron chi connectivity index (χ4n) is 4.15. The van der Waals surface area contributed by atoms with Gasteiger partial charge in [-0.05, 0) is 48.7 Å². The molecule has 4 aromatic rings. The number of rotatable bonds is 6. The number of thiophene rings is 1. The third kappa shape index (κ3) is 5.16. The highest BCUT2D eigenvalue weighted by atomic mass is 32.1. The summed E-state index contributed by atoms with van der Waals surface area (Å²) < 4.78 is 13.2. The van der Waals surface area contributed by atoms with Crippen molar-refractivity contribution in [1.29, 1.82) is 0 Å². The van der Waals surface area contributed by atoms with Crippen LogP contribution in [0.5, 0.6) is 0 Å². The molecule has 9 heteroatoms. The van der Waals surface area contributed by atoms with Crippen molar-refractivity contribution < 1.29 is 9.18 Å². The van der Waals surface area contributed by atoms with Crippen LogP contribution in [-0.2, 0) is 6.54 Å². The van der Waals surface area contributed by atoms with E-state index in [1.165, 1.54) is 29.0 Å². The summed E-state index contributed by atoms with van der Waals surface area (Å²) in [5.74, 6) is 0.157. The van der Waals surface area contributed by atoms with Gasteiger partial charge < -0.3 is 16.4 Å². The van der Waals surface area contributed by atoms with Crippen molar-refractivity contribution in [3.63, 3.8) is 0 Å². The maximum absolute atomic E-state index is 13.2. The van der Waals surface area contributed by atoms with E-state index in [-0.39, 0.29) is 23.7 Å². The number of aromatic nitrogens is 2. The van der Waals surface area contributed by atoms with Crippen molar-refractivity contribution in [3.05, 3.63) is 76.9 Å². The summed E-state index contributed by atoms with van der Waals surface area (Å²) in [5.41, 5.74) is 7.86. The third-order valence-corrected chi connectivity index (χ3v) is 6.94. The van der Waals surface area contributed by atoms with Crippen LogP contribution in [0, 0.1) is 5.82 Å². The summed E-state index contributed by atoms with van der Waals surface area (Å²) in [6.45, 7) is 2.82. The Morgan fingerprint density at radius 1 is 1.09 bits per heavy atom. The van der Waals surface area contributed by atoms with Crippen LogP contribution in [0.15, 0.2) is 60.7 Å².